The SMILES string of the molecule is Nc1c([N+](=O)[O-])cc([N+](=O)[O-])c([O-])c1[N+](=O)[O-].[Na+]. The molecule has 1 aromatic rings. The van der Waals surface area contributed by atoms with E-state index in [9.17, 15) is 35.4 Å². The number of nitrogens with zero attached hydrogens (tertiary/aromatic N) is 3. The van der Waals surface area contributed by atoms with Gasteiger partial charge in [-0.25, -0.2) is 0 Å². The number of nitrogen functional groups attached to an aromatic ring is 1. The van der Waals surface area contributed by atoms with Gasteiger partial charge in [-0.05, 0) is 0 Å². The second kappa shape index (κ2) is 5.57. The molecule has 0 aliphatic heterocycles. The van der Waals surface area contributed by atoms with Crippen molar-refractivity contribution in [2.45, 2.75) is 0 Å². The Balaban J connectivity index is 0.00000289. The first-order valence-electron chi connectivity index (χ1n) is 3.84. The van der Waals surface area contributed by atoms with Crippen molar-refractivity contribution in [3.05, 3.63) is 36.4 Å². The van der Waals surface area contributed by atoms with Crippen molar-refractivity contribution >= 4 is 22.7 Å². The Kier molecular flexibility index (Phi) is 4.96. The Morgan fingerprint density at radius 2 is 1.39 bits per heavy atom. The van der Waals surface area contributed by atoms with Gasteiger partial charge in [0.2, 0.25) is 0 Å². The summed E-state index contributed by atoms with van der Waals surface area (Å²) in [5.74, 6) is -1.57. The van der Waals surface area contributed by atoms with Gasteiger partial charge in [-0.15, -0.1) is 0 Å². The second-order valence-corrected chi connectivity index (χ2v) is 2.78. The minimum atomic E-state index is -1.57. The second-order valence-electron chi connectivity index (χ2n) is 2.78. The molecule has 0 aliphatic rings. The Bertz CT molecular complexity index is 507. The van der Waals surface area contributed by atoms with Crippen LogP contribution in [0.1, 0.15) is 0 Å². The zero-order valence-electron chi connectivity index (χ0n) is 8.85. The summed E-state index contributed by atoms with van der Waals surface area (Å²) in [6.45, 7) is 0. The van der Waals surface area contributed by atoms with E-state index in [0.717, 1.165) is 0 Å². The first kappa shape index (κ1) is 16.0. The molecule has 2 N–H and O–H groups in total. The predicted octanol–water partition coefficient (Wildman–Crippen LogP) is -2.93. The number of nitrogens with two attached hydrogens (primary N) is 1. The number of nitro benzene ring substituents is 3. The Morgan fingerprint density at radius 3 is 1.72 bits per heavy atom. The van der Waals surface area contributed by atoms with E-state index in [1.165, 1.54) is 0 Å². The van der Waals surface area contributed by atoms with Crippen LogP contribution in [-0.2, 0) is 0 Å². The van der Waals surface area contributed by atoms with Gasteiger partial charge in [0, 0.05) is 0 Å². The summed E-state index contributed by atoms with van der Waals surface area (Å²) in [6.07, 6.45) is 0. The van der Waals surface area contributed by atoms with Crippen LogP contribution in [0.3, 0.4) is 0 Å². The van der Waals surface area contributed by atoms with Gasteiger partial charge in [-0.1, -0.05) is 0 Å². The van der Waals surface area contributed by atoms with E-state index >= 15 is 0 Å². The normalized spacial score (nSPS) is 9.33. The van der Waals surface area contributed by atoms with Gasteiger partial charge in [-0.2, -0.15) is 0 Å². The summed E-state index contributed by atoms with van der Waals surface area (Å²) in [7, 11) is 0. The average molecular weight is 266 g/mol. The first-order chi connectivity index (χ1) is 7.77. The number of anilines is 1. The molecule has 0 aromatic heterocycles. The van der Waals surface area contributed by atoms with Crippen LogP contribution in [0.25, 0.3) is 0 Å². The molecule has 0 radical (unpaired) electrons. The van der Waals surface area contributed by atoms with Crippen molar-refractivity contribution < 1.29 is 49.4 Å². The maximum Gasteiger partial charge on any atom is 1.00 e. The van der Waals surface area contributed by atoms with Crippen molar-refractivity contribution in [2.75, 3.05) is 5.73 Å². The molecule has 0 heterocycles. The minimum Gasteiger partial charge on any atom is -0.863 e. The van der Waals surface area contributed by atoms with Gasteiger partial charge in [0.25, 0.3) is 11.4 Å². The summed E-state index contributed by atoms with van der Waals surface area (Å²) >= 11 is 0. The molecule has 1 rings (SSSR count). The third kappa shape index (κ3) is 2.64. The van der Waals surface area contributed by atoms with Crippen LogP contribution in [0, 0.1) is 30.3 Å². The third-order valence-corrected chi connectivity index (χ3v) is 1.83. The van der Waals surface area contributed by atoms with Crippen molar-refractivity contribution in [1.29, 1.82) is 0 Å². The molecule has 0 fully saturated rings. The van der Waals surface area contributed by atoms with Crippen LogP contribution >= 0.6 is 0 Å². The van der Waals surface area contributed by atoms with E-state index in [-0.39, 0.29) is 29.6 Å². The van der Waals surface area contributed by atoms with Crippen molar-refractivity contribution in [3.8, 4) is 5.75 Å². The number of benzene rings is 1. The van der Waals surface area contributed by atoms with E-state index in [1.807, 2.05) is 0 Å². The predicted molar refractivity (Wildman–Crippen MR) is 50.3 cm³/mol. The summed E-state index contributed by atoms with van der Waals surface area (Å²) in [5.41, 5.74) is 0.357. The fraction of sp³-hybridized carbons (Fsp3) is 0. The van der Waals surface area contributed by atoms with Crippen molar-refractivity contribution in [2.24, 2.45) is 0 Å². The Labute approximate surface area is 120 Å². The molecule has 0 atom stereocenters. The van der Waals surface area contributed by atoms with Gasteiger partial charge >= 0.3 is 35.2 Å². The van der Waals surface area contributed by atoms with Crippen molar-refractivity contribution in [3.63, 3.8) is 0 Å². The molecule has 0 aliphatic carbocycles. The van der Waals surface area contributed by atoms with Crippen LogP contribution in [0.2, 0.25) is 0 Å². The molecule has 0 amide bonds. The molecule has 18 heavy (non-hydrogen) atoms. The van der Waals surface area contributed by atoms with Crippen LogP contribution in [-0.4, -0.2) is 14.8 Å². The monoisotopic (exact) mass is 266 g/mol. The van der Waals surface area contributed by atoms with Gasteiger partial charge in [-0.3, -0.25) is 30.3 Å². The van der Waals surface area contributed by atoms with Crippen LogP contribution < -0.4 is 40.4 Å². The number of hydrogen-bond donors (Lipinski definition) is 1. The maximum absolute atomic E-state index is 11.3. The van der Waals surface area contributed by atoms with E-state index in [4.69, 9.17) is 5.73 Å². The van der Waals surface area contributed by atoms with E-state index in [2.05, 4.69) is 0 Å². The molecule has 90 valence electrons. The van der Waals surface area contributed by atoms with Crippen LogP contribution in [0.15, 0.2) is 6.07 Å². The summed E-state index contributed by atoms with van der Waals surface area (Å²) < 4.78 is 0. The molecular weight excluding hydrogens is 263 g/mol. The summed E-state index contributed by atoms with van der Waals surface area (Å²) in [5, 5.41) is 42.6. The van der Waals surface area contributed by atoms with Crippen LogP contribution in [0.5, 0.6) is 5.75 Å². The fourth-order valence-electron chi connectivity index (χ4n) is 1.11. The Hall–Kier alpha value is -1.98. The minimum absolute atomic E-state index is 0. The maximum atomic E-state index is 11.3. The summed E-state index contributed by atoms with van der Waals surface area (Å²) in [6, 6.07) is 0.296. The first-order valence-corrected chi connectivity index (χ1v) is 3.84. The molecular formula is C6H3N4NaO7. The summed E-state index contributed by atoms with van der Waals surface area (Å²) in [4.78, 5) is 27.6. The van der Waals surface area contributed by atoms with Gasteiger partial charge in [0.15, 0.2) is 5.69 Å². The zero-order valence-corrected chi connectivity index (χ0v) is 10.9. The molecule has 12 heteroatoms. The van der Waals surface area contributed by atoms with E-state index in [1.54, 1.807) is 0 Å². The molecule has 0 bridgehead atoms. The standard InChI is InChI=1S/C6H4N4O7.Na/c7-4-2(8(12)13)1-3(9(14)15)6(11)5(4)10(16)17;/h1,11H,7H2;/q;+1/p-1. The molecule has 0 unspecified atom stereocenters. The van der Waals surface area contributed by atoms with Gasteiger partial charge in [0.1, 0.15) is 0 Å². The number of hydrogen-bond acceptors (Lipinski definition) is 8. The van der Waals surface area contributed by atoms with Crippen LogP contribution in [0.4, 0.5) is 22.7 Å². The number of nitro groups is 3. The molecule has 0 spiro atoms. The third-order valence-electron chi connectivity index (χ3n) is 1.83. The zero-order chi connectivity index (χ0) is 13.3. The average Bonchev–Trinajstić information content (AvgIpc) is 2.15. The molecule has 0 saturated heterocycles. The van der Waals surface area contributed by atoms with E-state index in [0.29, 0.717) is 6.07 Å². The topological polar surface area (TPSA) is 178 Å². The molecule has 0 saturated carbocycles. The largest absolute Gasteiger partial charge is 1.00 e. The van der Waals surface area contributed by atoms with Gasteiger partial charge < -0.3 is 10.8 Å². The van der Waals surface area contributed by atoms with E-state index < -0.39 is 43.3 Å². The molecule has 11 nitrogen and oxygen atoms in total. The van der Waals surface area contributed by atoms with Gasteiger partial charge in [0.05, 0.1) is 26.6 Å². The smallest absolute Gasteiger partial charge is 0.863 e. The number of rotatable bonds is 3. The Morgan fingerprint density at radius 1 is 0.944 bits per heavy atom. The quantitative estimate of drug-likeness (QED) is 0.261. The fourth-order valence-corrected chi connectivity index (χ4v) is 1.11. The van der Waals surface area contributed by atoms with Crippen molar-refractivity contribution in [1.82, 2.24) is 0 Å². The molecule has 1 aromatic carbocycles.